The van der Waals surface area contributed by atoms with Gasteiger partial charge in [0, 0.05) is 16.8 Å². The first-order valence-electron chi connectivity index (χ1n) is 5.37. The number of rotatable bonds is 3. The van der Waals surface area contributed by atoms with Gasteiger partial charge < -0.3 is 4.74 Å². The number of nitriles is 1. The molecule has 0 aliphatic rings. The molecule has 20 heavy (non-hydrogen) atoms. The summed E-state index contributed by atoms with van der Waals surface area (Å²) >= 11 is 5.70. The van der Waals surface area contributed by atoms with E-state index in [-0.39, 0.29) is 28.2 Å². The summed E-state index contributed by atoms with van der Waals surface area (Å²) in [6.07, 6.45) is 0. The van der Waals surface area contributed by atoms with Gasteiger partial charge in [-0.15, -0.1) is 0 Å². The number of aromatic nitrogens is 2. The van der Waals surface area contributed by atoms with Crippen LogP contribution in [-0.4, -0.2) is 14.9 Å². The molecule has 0 aliphatic heterocycles. The number of hydrogen-bond donors (Lipinski definition) is 0. The van der Waals surface area contributed by atoms with Crippen molar-refractivity contribution in [2.45, 2.75) is 6.92 Å². The van der Waals surface area contributed by atoms with Gasteiger partial charge in [0.2, 0.25) is 5.75 Å². The normalized spacial score (nSPS) is 9.85. The molecule has 7 nitrogen and oxygen atoms in total. The smallest absolute Gasteiger partial charge is 0.323 e. The van der Waals surface area contributed by atoms with Crippen molar-refractivity contribution in [3.8, 4) is 17.8 Å². The predicted molar refractivity (Wildman–Crippen MR) is 69.7 cm³/mol. The Bertz CT molecular complexity index is 727. The molecule has 0 unspecified atom stereocenters. The van der Waals surface area contributed by atoms with Crippen molar-refractivity contribution in [3.63, 3.8) is 0 Å². The minimum Gasteiger partial charge on any atom is -0.417 e. The zero-order valence-corrected chi connectivity index (χ0v) is 11.0. The molecule has 0 bridgehead atoms. The average molecular weight is 291 g/mol. The van der Waals surface area contributed by atoms with E-state index in [1.165, 1.54) is 18.2 Å². The molecule has 0 radical (unpaired) electrons. The molecule has 2 rings (SSSR count). The Hall–Kier alpha value is -2.72. The van der Waals surface area contributed by atoms with Gasteiger partial charge in [0.15, 0.2) is 0 Å². The Morgan fingerprint density at radius 2 is 2.15 bits per heavy atom. The first kappa shape index (κ1) is 13.7. The van der Waals surface area contributed by atoms with Crippen LogP contribution in [0.15, 0.2) is 24.3 Å². The molecule has 0 amide bonds. The Morgan fingerprint density at radius 1 is 1.40 bits per heavy atom. The SMILES string of the molecule is Cc1cc(C#N)nc(Oc2ccc(Cl)cc2[N+](=O)[O-])n1. The molecule has 100 valence electrons. The van der Waals surface area contributed by atoms with Crippen LogP contribution in [-0.2, 0) is 0 Å². The summed E-state index contributed by atoms with van der Waals surface area (Å²) < 4.78 is 5.28. The minimum atomic E-state index is -0.623. The fraction of sp³-hybridized carbons (Fsp3) is 0.0833. The lowest BCUT2D eigenvalue weighted by atomic mass is 10.3. The second kappa shape index (κ2) is 5.50. The number of aryl methyl sites for hydroxylation is 1. The molecule has 0 atom stereocenters. The zero-order valence-electron chi connectivity index (χ0n) is 10.2. The lowest BCUT2D eigenvalue weighted by Gasteiger charge is -2.05. The van der Waals surface area contributed by atoms with Gasteiger partial charge in [0.25, 0.3) is 0 Å². The standard InChI is InChI=1S/C12H7ClN4O3/c1-7-4-9(6-14)16-12(15-7)20-11-3-2-8(13)5-10(11)17(18)19/h2-5H,1H3. The third kappa shape index (κ3) is 2.99. The summed E-state index contributed by atoms with van der Waals surface area (Å²) in [6.45, 7) is 1.66. The highest BCUT2D eigenvalue weighted by atomic mass is 35.5. The van der Waals surface area contributed by atoms with Crippen molar-refractivity contribution in [3.05, 3.63) is 50.8 Å². The summed E-state index contributed by atoms with van der Waals surface area (Å²) in [5, 5.41) is 20.0. The molecule has 8 heteroatoms. The third-order valence-electron chi connectivity index (χ3n) is 2.27. The summed E-state index contributed by atoms with van der Waals surface area (Å²) in [6, 6.07) is 7.16. The highest BCUT2D eigenvalue weighted by Gasteiger charge is 2.17. The van der Waals surface area contributed by atoms with E-state index in [2.05, 4.69) is 9.97 Å². The molecule has 1 aromatic heterocycles. The van der Waals surface area contributed by atoms with E-state index in [0.29, 0.717) is 5.69 Å². The van der Waals surface area contributed by atoms with E-state index < -0.39 is 4.92 Å². The Kier molecular flexibility index (Phi) is 3.77. The second-order valence-corrected chi connectivity index (χ2v) is 4.20. The summed E-state index contributed by atoms with van der Waals surface area (Å²) in [4.78, 5) is 18.1. The van der Waals surface area contributed by atoms with E-state index in [9.17, 15) is 10.1 Å². The van der Waals surface area contributed by atoms with Crippen molar-refractivity contribution in [1.82, 2.24) is 9.97 Å². The minimum absolute atomic E-state index is 0.0473. The molecular weight excluding hydrogens is 284 g/mol. The quantitative estimate of drug-likeness (QED) is 0.636. The van der Waals surface area contributed by atoms with Gasteiger partial charge in [0.05, 0.1) is 4.92 Å². The molecule has 0 aliphatic carbocycles. The van der Waals surface area contributed by atoms with Crippen LogP contribution in [0.1, 0.15) is 11.4 Å². The number of hydrogen-bond acceptors (Lipinski definition) is 6. The molecule has 0 fully saturated rings. The molecule has 1 aromatic carbocycles. The van der Waals surface area contributed by atoms with Crippen LogP contribution in [0.2, 0.25) is 5.02 Å². The third-order valence-corrected chi connectivity index (χ3v) is 2.50. The maximum atomic E-state index is 10.9. The largest absolute Gasteiger partial charge is 0.417 e. The number of ether oxygens (including phenoxy) is 1. The summed E-state index contributed by atoms with van der Waals surface area (Å²) in [5.74, 6) is -0.0473. The van der Waals surface area contributed by atoms with E-state index in [0.717, 1.165) is 6.07 Å². The lowest BCUT2D eigenvalue weighted by molar-refractivity contribution is -0.385. The first-order valence-corrected chi connectivity index (χ1v) is 5.75. The molecular formula is C12H7ClN4O3. The highest BCUT2D eigenvalue weighted by molar-refractivity contribution is 6.30. The number of halogens is 1. The van der Waals surface area contributed by atoms with Gasteiger partial charge in [-0.05, 0) is 25.1 Å². The topological polar surface area (TPSA) is 102 Å². The monoisotopic (exact) mass is 290 g/mol. The van der Waals surface area contributed by atoms with Crippen LogP contribution in [0.25, 0.3) is 0 Å². The number of benzene rings is 1. The van der Waals surface area contributed by atoms with Gasteiger partial charge in [-0.3, -0.25) is 10.1 Å². The van der Waals surface area contributed by atoms with Crippen LogP contribution in [0.4, 0.5) is 5.69 Å². The van der Waals surface area contributed by atoms with Crippen molar-refractivity contribution < 1.29 is 9.66 Å². The van der Waals surface area contributed by atoms with E-state index in [4.69, 9.17) is 21.6 Å². The lowest BCUT2D eigenvalue weighted by Crippen LogP contribution is -1.99. The van der Waals surface area contributed by atoms with Crippen LogP contribution in [0.5, 0.6) is 11.8 Å². The van der Waals surface area contributed by atoms with Crippen molar-refractivity contribution in [2.75, 3.05) is 0 Å². The average Bonchev–Trinajstić information content (AvgIpc) is 2.40. The fourth-order valence-corrected chi connectivity index (χ4v) is 1.63. The van der Waals surface area contributed by atoms with Gasteiger partial charge in [-0.2, -0.15) is 10.2 Å². The maximum Gasteiger partial charge on any atom is 0.323 e. The van der Waals surface area contributed by atoms with Crippen LogP contribution in [0, 0.1) is 28.4 Å². The van der Waals surface area contributed by atoms with E-state index in [1.807, 2.05) is 6.07 Å². The van der Waals surface area contributed by atoms with Gasteiger partial charge in [-0.25, -0.2) is 4.98 Å². The molecule has 1 heterocycles. The van der Waals surface area contributed by atoms with Crippen molar-refractivity contribution >= 4 is 17.3 Å². The summed E-state index contributed by atoms with van der Waals surface area (Å²) in [5.41, 5.74) is 0.327. The molecule has 0 saturated heterocycles. The van der Waals surface area contributed by atoms with Crippen LogP contribution < -0.4 is 4.74 Å². The first-order chi connectivity index (χ1) is 9.49. The Labute approximate surface area is 118 Å². The molecule has 2 aromatic rings. The van der Waals surface area contributed by atoms with Crippen molar-refractivity contribution in [2.24, 2.45) is 0 Å². The van der Waals surface area contributed by atoms with Crippen LogP contribution >= 0.6 is 11.6 Å². The zero-order chi connectivity index (χ0) is 14.7. The predicted octanol–water partition coefficient (Wildman–Crippen LogP) is 3.01. The Morgan fingerprint density at radius 3 is 2.80 bits per heavy atom. The van der Waals surface area contributed by atoms with E-state index in [1.54, 1.807) is 6.92 Å². The molecule has 0 N–H and O–H groups in total. The van der Waals surface area contributed by atoms with Crippen molar-refractivity contribution in [1.29, 1.82) is 5.26 Å². The van der Waals surface area contributed by atoms with Gasteiger partial charge in [0.1, 0.15) is 11.8 Å². The maximum absolute atomic E-state index is 10.9. The number of nitrogens with zero attached hydrogens (tertiary/aromatic N) is 4. The highest BCUT2D eigenvalue weighted by Crippen LogP contribution is 2.32. The van der Waals surface area contributed by atoms with Gasteiger partial charge in [-0.1, -0.05) is 11.6 Å². The Balaban J connectivity index is 2.42. The fourth-order valence-electron chi connectivity index (χ4n) is 1.46. The number of nitro benzene ring substituents is 1. The van der Waals surface area contributed by atoms with Gasteiger partial charge >= 0.3 is 11.7 Å². The molecule has 0 spiro atoms. The van der Waals surface area contributed by atoms with E-state index >= 15 is 0 Å². The number of nitro groups is 1. The molecule has 0 saturated carbocycles. The van der Waals surface area contributed by atoms with Crippen LogP contribution in [0.3, 0.4) is 0 Å². The second-order valence-electron chi connectivity index (χ2n) is 3.76. The summed E-state index contributed by atoms with van der Waals surface area (Å²) in [7, 11) is 0.